The Morgan fingerprint density at radius 1 is 1.28 bits per heavy atom. The standard InChI is InChI=1S/C12H16F3NO2/c1-9-2-3-10(12(13,14)15)8-11(9)16-4-6-18-7-5-17/h2-3,8,16-17H,4-7H2,1H3. The summed E-state index contributed by atoms with van der Waals surface area (Å²) in [5.74, 6) is 0. The molecule has 0 saturated carbocycles. The van der Waals surface area contributed by atoms with Gasteiger partial charge in [-0.3, -0.25) is 0 Å². The Hall–Kier alpha value is -1.27. The van der Waals surface area contributed by atoms with E-state index in [0.29, 0.717) is 18.8 Å². The van der Waals surface area contributed by atoms with Crippen LogP contribution in [0.1, 0.15) is 11.1 Å². The quantitative estimate of drug-likeness (QED) is 0.774. The van der Waals surface area contributed by atoms with Gasteiger partial charge in [0, 0.05) is 12.2 Å². The van der Waals surface area contributed by atoms with Crippen molar-refractivity contribution in [3.63, 3.8) is 0 Å². The fraction of sp³-hybridized carbons (Fsp3) is 0.500. The number of aliphatic hydroxyl groups excluding tert-OH is 1. The SMILES string of the molecule is Cc1ccc(C(F)(F)F)cc1NCCOCCO. The number of nitrogens with one attached hydrogen (secondary N) is 1. The molecule has 0 unspecified atom stereocenters. The third-order valence-electron chi connectivity index (χ3n) is 2.36. The Bertz CT molecular complexity index is 380. The highest BCUT2D eigenvalue weighted by molar-refractivity contribution is 5.53. The molecule has 0 heterocycles. The summed E-state index contributed by atoms with van der Waals surface area (Å²) < 4.78 is 42.5. The molecule has 0 bridgehead atoms. The molecule has 2 N–H and O–H groups in total. The van der Waals surface area contributed by atoms with E-state index in [1.54, 1.807) is 6.92 Å². The molecular formula is C12H16F3NO2. The van der Waals surface area contributed by atoms with E-state index in [-0.39, 0.29) is 13.2 Å². The molecule has 1 aromatic rings. The minimum Gasteiger partial charge on any atom is -0.394 e. The zero-order valence-corrected chi connectivity index (χ0v) is 10.0. The highest BCUT2D eigenvalue weighted by Crippen LogP contribution is 2.31. The van der Waals surface area contributed by atoms with Crippen LogP contribution in [0.4, 0.5) is 18.9 Å². The largest absolute Gasteiger partial charge is 0.416 e. The van der Waals surface area contributed by atoms with E-state index in [2.05, 4.69) is 5.32 Å². The number of ether oxygens (including phenoxy) is 1. The van der Waals surface area contributed by atoms with Gasteiger partial charge < -0.3 is 15.2 Å². The average molecular weight is 263 g/mol. The van der Waals surface area contributed by atoms with Crippen LogP contribution >= 0.6 is 0 Å². The smallest absolute Gasteiger partial charge is 0.394 e. The minimum atomic E-state index is -4.34. The average Bonchev–Trinajstić information content (AvgIpc) is 2.29. The monoisotopic (exact) mass is 263 g/mol. The molecule has 0 aliphatic heterocycles. The van der Waals surface area contributed by atoms with Crippen molar-refractivity contribution >= 4 is 5.69 Å². The van der Waals surface area contributed by atoms with E-state index in [9.17, 15) is 13.2 Å². The summed E-state index contributed by atoms with van der Waals surface area (Å²) >= 11 is 0. The Balaban J connectivity index is 2.59. The highest BCUT2D eigenvalue weighted by Gasteiger charge is 2.30. The molecule has 18 heavy (non-hydrogen) atoms. The van der Waals surface area contributed by atoms with Gasteiger partial charge in [-0.1, -0.05) is 6.07 Å². The molecule has 0 saturated heterocycles. The third kappa shape index (κ3) is 4.54. The molecule has 0 aliphatic carbocycles. The molecule has 102 valence electrons. The molecule has 0 spiro atoms. The van der Waals surface area contributed by atoms with Crippen LogP contribution in [0.5, 0.6) is 0 Å². The van der Waals surface area contributed by atoms with Crippen molar-refractivity contribution in [1.82, 2.24) is 0 Å². The molecule has 0 radical (unpaired) electrons. The molecule has 6 heteroatoms. The molecule has 1 aromatic carbocycles. The first kappa shape index (κ1) is 14.8. The number of alkyl halides is 3. The first-order valence-electron chi connectivity index (χ1n) is 5.55. The lowest BCUT2D eigenvalue weighted by molar-refractivity contribution is -0.137. The van der Waals surface area contributed by atoms with Crippen molar-refractivity contribution < 1.29 is 23.0 Å². The Morgan fingerprint density at radius 3 is 2.61 bits per heavy atom. The number of rotatable bonds is 6. The predicted octanol–water partition coefficient (Wildman–Crippen LogP) is 2.43. The second kappa shape index (κ2) is 6.61. The molecule has 0 fully saturated rings. The van der Waals surface area contributed by atoms with Crippen LogP contribution < -0.4 is 5.32 Å². The number of hydrogen-bond acceptors (Lipinski definition) is 3. The van der Waals surface area contributed by atoms with Gasteiger partial charge in [0.15, 0.2) is 0 Å². The summed E-state index contributed by atoms with van der Waals surface area (Å²) in [6, 6.07) is 3.57. The zero-order valence-electron chi connectivity index (χ0n) is 10.0. The van der Waals surface area contributed by atoms with Gasteiger partial charge in [-0.25, -0.2) is 0 Å². The van der Waals surface area contributed by atoms with Gasteiger partial charge in [0.25, 0.3) is 0 Å². The van der Waals surface area contributed by atoms with E-state index in [1.807, 2.05) is 0 Å². The van der Waals surface area contributed by atoms with Gasteiger partial charge >= 0.3 is 6.18 Å². The summed E-state index contributed by atoms with van der Waals surface area (Å²) in [7, 11) is 0. The number of halogens is 3. The number of aliphatic hydroxyl groups is 1. The first-order valence-corrected chi connectivity index (χ1v) is 5.55. The van der Waals surface area contributed by atoms with Crippen molar-refractivity contribution in [2.24, 2.45) is 0 Å². The van der Waals surface area contributed by atoms with E-state index in [0.717, 1.165) is 17.7 Å². The summed E-state index contributed by atoms with van der Waals surface area (Å²) in [6.45, 7) is 2.61. The summed E-state index contributed by atoms with van der Waals surface area (Å²) in [6.07, 6.45) is -4.34. The van der Waals surface area contributed by atoms with Gasteiger partial charge in [0.1, 0.15) is 0 Å². The third-order valence-corrected chi connectivity index (χ3v) is 2.36. The molecule has 3 nitrogen and oxygen atoms in total. The van der Waals surface area contributed by atoms with E-state index < -0.39 is 11.7 Å². The molecular weight excluding hydrogens is 247 g/mol. The maximum Gasteiger partial charge on any atom is 0.416 e. The van der Waals surface area contributed by atoms with Crippen LogP contribution in [0, 0.1) is 6.92 Å². The van der Waals surface area contributed by atoms with Crippen LogP contribution in [-0.2, 0) is 10.9 Å². The molecule has 1 rings (SSSR count). The van der Waals surface area contributed by atoms with Crippen molar-refractivity contribution in [2.45, 2.75) is 13.1 Å². The van der Waals surface area contributed by atoms with Crippen molar-refractivity contribution in [3.05, 3.63) is 29.3 Å². The fourth-order valence-corrected chi connectivity index (χ4v) is 1.41. The second-order valence-electron chi connectivity index (χ2n) is 3.79. The number of anilines is 1. The van der Waals surface area contributed by atoms with Crippen molar-refractivity contribution in [3.8, 4) is 0 Å². The summed E-state index contributed by atoms with van der Waals surface area (Å²) in [5, 5.41) is 11.4. The molecule has 0 amide bonds. The lowest BCUT2D eigenvalue weighted by atomic mass is 10.1. The fourth-order valence-electron chi connectivity index (χ4n) is 1.41. The van der Waals surface area contributed by atoms with Gasteiger partial charge in [-0.15, -0.1) is 0 Å². The normalized spacial score (nSPS) is 11.6. The maximum absolute atomic E-state index is 12.5. The van der Waals surface area contributed by atoms with Gasteiger partial charge in [-0.2, -0.15) is 13.2 Å². The Labute approximate surface area is 104 Å². The highest BCUT2D eigenvalue weighted by atomic mass is 19.4. The second-order valence-corrected chi connectivity index (χ2v) is 3.79. The van der Waals surface area contributed by atoms with E-state index in [1.165, 1.54) is 6.07 Å². The Morgan fingerprint density at radius 2 is 2.00 bits per heavy atom. The zero-order chi connectivity index (χ0) is 13.6. The topological polar surface area (TPSA) is 41.5 Å². The van der Waals surface area contributed by atoms with E-state index in [4.69, 9.17) is 9.84 Å². The van der Waals surface area contributed by atoms with Crippen molar-refractivity contribution in [2.75, 3.05) is 31.7 Å². The Kier molecular flexibility index (Phi) is 5.43. The van der Waals surface area contributed by atoms with Gasteiger partial charge in [0.05, 0.1) is 25.4 Å². The van der Waals surface area contributed by atoms with E-state index >= 15 is 0 Å². The summed E-state index contributed by atoms with van der Waals surface area (Å²) in [5.41, 5.74) is 0.509. The van der Waals surface area contributed by atoms with Gasteiger partial charge in [0.2, 0.25) is 0 Å². The van der Waals surface area contributed by atoms with Crippen LogP contribution in [0.15, 0.2) is 18.2 Å². The van der Waals surface area contributed by atoms with Crippen LogP contribution in [0.3, 0.4) is 0 Å². The van der Waals surface area contributed by atoms with Crippen LogP contribution in [-0.4, -0.2) is 31.5 Å². The number of benzene rings is 1. The van der Waals surface area contributed by atoms with Crippen LogP contribution in [0.2, 0.25) is 0 Å². The number of aryl methyl sites for hydroxylation is 1. The molecule has 0 atom stereocenters. The summed E-state index contributed by atoms with van der Waals surface area (Å²) in [4.78, 5) is 0. The maximum atomic E-state index is 12.5. The molecule has 0 aliphatic rings. The van der Waals surface area contributed by atoms with Crippen LogP contribution in [0.25, 0.3) is 0 Å². The van der Waals surface area contributed by atoms with Gasteiger partial charge in [-0.05, 0) is 24.6 Å². The number of hydrogen-bond donors (Lipinski definition) is 2. The van der Waals surface area contributed by atoms with Crippen molar-refractivity contribution in [1.29, 1.82) is 0 Å². The first-order chi connectivity index (χ1) is 8.45. The minimum absolute atomic E-state index is 0.0669. The lowest BCUT2D eigenvalue weighted by Crippen LogP contribution is -2.13. The lowest BCUT2D eigenvalue weighted by Gasteiger charge is -2.13. The molecule has 0 aromatic heterocycles. The predicted molar refractivity (Wildman–Crippen MR) is 62.6 cm³/mol.